The van der Waals surface area contributed by atoms with Gasteiger partial charge in [0.05, 0.1) is 5.69 Å². The van der Waals surface area contributed by atoms with Crippen LogP contribution in [0.1, 0.15) is 74.3 Å². The molecule has 19 heavy (non-hydrogen) atoms. The van der Waals surface area contributed by atoms with Gasteiger partial charge in [-0.15, -0.1) is 0 Å². The minimum absolute atomic E-state index is 0.214. The second-order valence-electron chi connectivity index (χ2n) is 5.03. The average molecular weight is 262 g/mol. The molecule has 1 aromatic rings. The van der Waals surface area contributed by atoms with Gasteiger partial charge in [0, 0.05) is 24.7 Å². The first kappa shape index (κ1) is 15.8. The molecule has 0 radical (unpaired) electrons. The van der Waals surface area contributed by atoms with Crippen LogP contribution in [0.4, 0.5) is 0 Å². The van der Waals surface area contributed by atoms with Crippen molar-refractivity contribution in [1.29, 1.82) is 0 Å². The highest BCUT2D eigenvalue weighted by molar-refractivity contribution is 5.96. The van der Waals surface area contributed by atoms with Gasteiger partial charge in [0.2, 0.25) is 0 Å². The number of carbonyl (C=O) groups excluding carboxylic acids is 1. The van der Waals surface area contributed by atoms with Gasteiger partial charge in [-0.25, -0.2) is 0 Å². The van der Waals surface area contributed by atoms with Crippen molar-refractivity contribution in [3.63, 3.8) is 0 Å². The first-order valence-corrected chi connectivity index (χ1v) is 7.46. The molecule has 0 aromatic carbocycles. The summed E-state index contributed by atoms with van der Waals surface area (Å²) < 4.78 is 0. The largest absolute Gasteiger partial charge is 0.325 e. The Balaban J connectivity index is 2.20. The average Bonchev–Trinajstić information content (AvgIpc) is 2.46. The van der Waals surface area contributed by atoms with E-state index in [0.717, 1.165) is 24.1 Å². The number of nitrogens with two attached hydrogens (primary N) is 1. The molecule has 0 unspecified atom stereocenters. The zero-order valence-corrected chi connectivity index (χ0v) is 12.0. The second kappa shape index (κ2) is 9.68. The molecule has 0 aliphatic rings. The van der Waals surface area contributed by atoms with E-state index in [4.69, 9.17) is 5.73 Å². The van der Waals surface area contributed by atoms with Crippen LogP contribution < -0.4 is 5.73 Å². The minimum Gasteiger partial charge on any atom is -0.325 e. The Bertz CT molecular complexity index is 377. The van der Waals surface area contributed by atoms with Crippen molar-refractivity contribution in [2.45, 2.75) is 64.8 Å². The summed E-state index contributed by atoms with van der Waals surface area (Å²) in [7, 11) is 0. The topological polar surface area (TPSA) is 56.0 Å². The molecule has 0 fully saturated rings. The Hall–Kier alpha value is -1.22. The van der Waals surface area contributed by atoms with Crippen molar-refractivity contribution in [2.24, 2.45) is 5.73 Å². The van der Waals surface area contributed by atoms with Crippen molar-refractivity contribution < 1.29 is 4.79 Å². The van der Waals surface area contributed by atoms with Gasteiger partial charge in [0.15, 0.2) is 5.78 Å². The molecule has 0 saturated carbocycles. The van der Waals surface area contributed by atoms with Gasteiger partial charge in [-0.3, -0.25) is 9.78 Å². The summed E-state index contributed by atoms with van der Waals surface area (Å²) >= 11 is 0. The summed E-state index contributed by atoms with van der Waals surface area (Å²) in [6, 6.07) is 3.59. The van der Waals surface area contributed by atoms with E-state index >= 15 is 0 Å². The Kier molecular flexibility index (Phi) is 8.07. The maximum Gasteiger partial charge on any atom is 0.162 e. The van der Waals surface area contributed by atoms with Crippen LogP contribution in [0.15, 0.2) is 18.3 Å². The maximum atomic E-state index is 12.0. The summed E-state index contributed by atoms with van der Waals surface area (Å²) in [6.07, 6.45) is 10.9. The molecule has 106 valence electrons. The SMILES string of the molecule is CCCCCCCCCC(=O)c1ccnc(CN)c1. The van der Waals surface area contributed by atoms with Gasteiger partial charge >= 0.3 is 0 Å². The summed E-state index contributed by atoms with van der Waals surface area (Å²) in [5.74, 6) is 0.214. The molecule has 0 aliphatic carbocycles. The van der Waals surface area contributed by atoms with E-state index in [1.165, 1.54) is 32.1 Å². The van der Waals surface area contributed by atoms with E-state index in [2.05, 4.69) is 11.9 Å². The van der Waals surface area contributed by atoms with E-state index in [-0.39, 0.29) is 5.78 Å². The van der Waals surface area contributed by atoms with Crippen LogP contribution in [-0.4, -0.2) is 10.8 Å². The first-order chi connectivity index (χ1) is 9.27. The smallest absolute Gasteiger partial charge is 0.162 e. The van der Waals surface area contributed by atoms with Crippen molar-refractivity contribution in [1.82, 2.24) is 4.98 Å². The van der Waals surface area contributed by atoms with Gasteiger partial charge in [0.1, 0.15) is 0 Å². The van der Waals surface area contributed by atoms with Crippen LogP contribution in [0, 0.1) is 0 Å². The predicted octanol–water partition coefficient (Wildman–Crippen LogP) is 3.86. The van der Waals surface area contributed by atoms with Gasteiger partial charge in [-0.2, -0.15) is 0 Å². The molecular weight excluding hydrogens is 236 g/mol. The van der Waals surface area contributed by atoms with Gasteiger partial charge < -0.3 is 5.73 Å². The van der Waals surface area contributed by atoms with Crippen molar-refractivity contribution in [3.05, 3.63) is 29.6 Å². The zero-order chi connectivity index (χ0) is 13.9. The van der Waals surface area contributed by atoms with E-state index in [1.54, 1.807) is 12.3 Å². The van der Waals surface area contributed by atoms with Crippen LogP contribution >= 0.6 is 0 Å². The fourth-order valence-corrected chi connectivity index (χ4v) is 2.15. The highest BCUT2D eigenvalue weighted by Crippen LogP contribution is 2.11. The van der Waals surface area contributed by atoms with Crippen molar-refractivity contribution in [3.8, 4) is 0 Å². The number of carbonyl (C=O) groups is 1. The molecule has 3 nitrogen and oxygen atoms in total. The van der Waals surface area contributed by atoms with E-state index in [1.807, 2.05) is 6.07 Å². The maximum absolute atomic E-state index is 12.0. The van der Waals surface area contributed by atoms with Crippen LogP contribution in [0.3, 0.4) is 0 Å². The van der Waals surface area contributed by atoms with E-state index < -0.39 is 0 Å². The van der Waals surface area contributed by atoms with Crippen molar-refractivity contribution >= 4 is 5.78 Å². The van der Waals surface area contributed by atoms with Crippen LogP contribution in [-0.2, 0) is 6.54 Å². The summed E-state index contributed by atoms with van der Waals surface area (Å²) in [5.41, 5.74) is 7.06. The summed E-state index contributed by atoms with van der Waals surface area (Å²) in [4.78, 5) is 16.1. The molecule has 1 aromatic heterocycles. The van der Waals surface area contributed by atoms with Gasteiger partial charge in [0.25, 0.3) is 0 Å². The molecule has 2 N–H and O–H groups in total. The number of hydrogen-bond donors (Lipinski definition) is 1. The van der Waals surface area contributed by atoms with Crippen molar-refractivity contribution in [2.75, 3.05) is 0 Å². The molecule has 0 spiro atoms. The monoisotopic (exact) mass is 262 g/mol. The highest BCUT2D eigenvalue weighted by atomic mass is 16.1. The van der Waals surface area contributed by atoms with Crippen LogP contribution in [0.2, 0.25) is 0 Å². The molecule has 0 aliphatic heterocycles. The zero-order valence-electron chi connectivity index (χ0n) is 12.0. The fourth-order valence-electron chi connectivity index (χ4n) is 2.15. The number of ketones is 1. The standard InChI is InChI=1S/C16H26N2O/c1-2-3-4-5-6-7-8-9-16(19)14-10-11-18-15(12-14)13-17/h10-12H,2-9,13,17H2,1H3. The molecule has 0 atom stereocenters. The molecule has 3 heteroatoms. The van der Waals surface area contributed by atoms with E-state index in [9.17, 15) is 4.79 Å². The molecule has 0 amide bonds. The van der Waals surface area contributed by atoms with E-state index in [0.29, 0.717) is 13.0 Å². The molecule has 0 bridgehead atoms. The fraction of sp³-hybridized carbons (Fsp3) is 0.625. The van der Waals surface area contributed by atoms with Crippen LogP contribution in [0.5, 0.6) is 0 Å². The number of unbranched alkanes of at least 4 members (excludes halogenated alkanes) is 6. The Morgan fingerprint density at radius 1 is 1.16 bits per heavy atom. The third-order valence-electron chi connectivity index (χ3n) is 3.36. The molecule has 1 heterocycles. The summed E-state index contributed by atoms with van der Waals surface area (Å²) in [6.45, 7) is 2.61. The third-order valence-corrected chi connectivity index (χ3v) is 3.36. The number of Topliss-reactive ketones (excluding diaryl/α,β-unsaturated/α-hetero) is 1. The molecule has 1 rings (SSSR count). The molecule has 0 saturated heterocycles. The van der Waals surface area contributed by atoms with Crippen LogP contribution in [0.25, 0.3) is 0 Å². The highest BCUT2D eigenvalue weighted by Gasteiger charge is 2.06. The number of hydrogen-bond acceptors (Lipinski definition) is 3. The Morgan fingerprint density at radius 3 is 2.53 bits per heavy atom. The summed E-state index contributed by atoms with van der Waals surface area (Å²) in [5, 5.41) is 0. The minimum atomic E-state index is 0.214. The van der Waals surface area contributed by atoms with Gasteiger partial charge in [-0.1, -0.05) is 45.4 Å². The van der Waals surface area contributed by atoms with Gasteiger partial charge in [-0.05, 0) is 18.6 Å². The number of pyridine rings is 1. The number of aromatic nitrogens is 1. The molecular formula is C16H26N2O. The Labute approximate surface area is 116 Å². The quantitative estimate of drug-likeness (QED) is 0.514. The second-order valence-corrected chi connectivity index (χ2v) is 5.03. The lowest BCUT2D eigenvalue weighted by Crippen LogP contribution is -2.04. The predicted molar refractivity (Wildman–Crippen MR) is 79.1 cm³/mol. The lowest BCUT2D eigenvalue weighted by molar-refractivity contribution is 0.0979. The lowest BCUT2D eigenvalue weighted by Gasteiger charge is -2.03. The number of nitrogens with zero attached hydrogens (tertiary/aromatic N) is 1. The lowest BCUT2D eigenvalue weighted by atomic mass is 10.0. The third kappa shape index (κ3) is 6.48. The Morgan fingerprint density at radius 2 is 1.84 bits per heavy atom. The normalized spacial score (nSPS) is 10.6. The number of rotatable bonds is 10. The first-order valence-electron chi connectivity index (χ1n) is 7.46.